The van der Waals surface area contributed by atoms with Gasteiger partial charge in [0.1, 0.15) is 19.3 Å². The van der Waals surface area contributed by atoms with E-state index in [1.807, 2.05) is 0 Å². The molecule has 0 saturated heterocycles. The van der Waals surface area contributed by atoms with Gasteiger partial charge in [0.15, 0.2) is 12.2 Å². The normalized spacial score (nSPS) is 14.1. The summed E-state index contributed by atoms with van der Waals surface area (Å²) in [7, 11) is -9.91. The van der Waals surface area contributed by atoms with Crippen LogP contribution in [0.1, 0.15) is 383 Å². The number of aliphatic hydroxyl groups is 1. The fraction of sp³-hybridized carbons (Fsp3) is 0.947. The highest BCUT2D eigenvalue weighted by Crippen LogP contribution is 2.45. The molecular weight excluding hydrogens is 1250 g/mol. The van der Waals surface area contributed by atoms with E-state index in [0.29, 0.717) is 31.6 Å². The third-order valence-corrected chi connectivity index (χ3v) is 19.5. The molecule has 0 fully saturated rings. The number of phosphoric ester groups is 2. The van der Waals surface area contributed by atoms with E-state index in [0.717, 1.165) is 114 Å². The zero-order valence-corrected chi connectivity index (χ0v) is 64.1. The van der Waals surface area contributed by atoms with Gasteiger partial charge in [-0.25, -0.2) is 9.13 Å². The highest BCUT2D eigenvalue weighted by molar-refractivity contribution is 7.47. The molecule has 3 unspecified atom stereocenters. The average Bonchev–Trinajstić information content (AvgIpc) is 1.38. The summed E-state index contributed by atoms with van der Waals surface area (Å²) in [5.41, 5.74) is 0. The molecule has 19 heteroatoms. The van der Waals surface area contributed by atoms with Gasteiger partial charge in [0.2, 0.25) is 0 Å². The minimum absolute atomic E-state index is 0.106. The second kappa shape index (κ2) is 65.4. The van der Waals surface area contributed by atoms with Crippen molar-refractivity contribution in [1.82, 2.24) is 0 Å². The van der Waals surface area contributed by atoms with E-state index in [-0.39, 0.29) is 25.7 Å². The molecule has 0 heterocycles. The number of hydrogen-bond donors (Lipinski definition) is 3. The van der Waals surface area contributed by atoms with E-state index in [2.05, 4.69) is 55.4 Å². The Balaban J connectivity index is 5.22. The summed E-state index contributed by atoms with van der Waals surface area (Å²) in [4.78, 5) is 72.8. The van der Waals surface area contributed by atoms with E-state index in [9.17, 15) is 43.2 Å². The van der Waals surface area contributed by atoms with Crippen LogP contribution < -0.4 is 0 Å². The van der Waals surface area contributed by atoms with Crippen molar-refractivity contribution in [1.29, 1.82) is 0 Å². The fourth-order valence-electron chi connectivity index (χ4n) is 11.6. The molecule has 0 aromatic carbocycles. The molecule has 17 nitrogen and oxygen atoms in total. The summed E-state index contributed by atoms with van der Waals surface area (Å²) in [5, 5.41) is 10.6. The van der Waals surface area contributed by atoms with Crippen LogP contribution >= 0.6 is 15.6 Å². The predicted octanol–water partition coefficient (Wildman–Crippen LogP) is 22.0. The van der Waals surface area contributed by atoms with E-state index in [1.165, 1.54) is 180 Å². The lowest BCUT2D eigenvalue weighted by molar-refractivity contribution is -0.161. The largest absolute Gasteiger partial charge is 0.472 e. The molecule has 5 atom stereocenters. The van der Waals surface area contributed by atoms with Crippen LogP contribution in [0.2, 0.25) is 0 Å². The molecular formula is C76H148O17P2. The Kier molecular flexibility index (Phi) is 64.0. The van der Waals surface area contributed by atoms with Crippen molar-refractivity contribution in [2.75, 3.05) is 39.6 Å². The standard InChI is InChI=1S/C76H148O17P2/c1-66(2)52-44-36-28-21-17-13-10-9-11-15-19-23-33-42-50-58-76(81)93-72(63-87-74(79)57-49-41-35-27-31-39-47-55-69(7)8)65-91-95(84,85)89-61-70(77)60-88-94(82,83)90-64-71(62-86-73(78)56-48-40-32-26-25-30-38-46-54-68(5)6)92-75(80)59-51-43-34-24-20-16-12-14-18-22-29-37-45-53-67(3)4/h66-72,77H,9-65H2,1-8H3,(H,82,83)(H,84,85)/t70?,71-,72-/m1/s1. The van der Waals surface area contributed by atoms with Crippen LogP contribution in [0, 0.1) is 23.7 Å². The maximum Gasteiger partial charge on any atom is 0.472 e. The summed E-state index contributed by atoms with van der Waals surface area (Å²) in [6, 6.07) is 0. The second-order valence-electron chi connectivity index (χ2n) is 29.3. The van der Waals surface area contributed by atoms with Crippen molar-refractivity contribution in [3.05, 3.63) is 0 Å². The summed E-state index contributed by atoms with van der Waals surface area (Å²) >= 11 is 0. The van der Waals surface area contributed by atoms with Gasteiger partial charge in [-0.2, -0.15) is 0 Å². The highest BCUT2D eigenvalue weighted by atomic mass is 31.2. The van der Waals surface area contributed by atoms with Crippen molar-refractivity contribution >= 4 is 39.5 Å². The number of aliphatic hydroxyl groups excluding tert-OH is 1. The first kappa shape index (κ1) is 93.1. The number of rotatable bonds is 73. The topological polar surface area (TPSA) is 237 Å². The van der Waals surface area contributed by atoms with Gasteiger partial charge >= 0.3 is 39.5 Å². The van der Waals surface area contributed by atoms with Crippen molar-refractivity contribution < 1.29 is 80.2 Å². The Bertz CT molecular complexity index is 1870. The van der Waals surface area contributed by atoms with Crippen molar-refractivity contribution in [3.63, 3.8) is 0 Å². The number of hydrogen-bond acceptors (Lipinski definition) is 15. The highest BCUT2D eigenvalue weighted by Gasteiger charge is 2.30. The first-order chi connectivity index (χ1) is 45.6. The van der Waals surface area contributed by atoms with Crippen molar-refractivity contribution in [2.45, 2.75) is 401 Å². The maximum atomic E-state index is 13.1. The lowest BCUT2D eigenvalue weighted by atomic mass is 10.0. The third kappa shape index (κ3) is 70.3. The van der Waals surface area contributed by atoms with Crippen molar-refractivity contribution in [2.24, 2.45) is 23.7 Å². The number of ether oxygens (including phenoxy) is 4. The van der Waals surface area contributed by atoms with Crippen LogP contribution in [-0.2, 0) is 65.4 Å². The van der Waals surface area contributed by atoms with Crippen molar-refractivity contribution in [3.8, 4) is 0 Å². The molecule has 564 valence electrons. The molecule has 0 saturated carbocycles. The van der Waals surface area contributed by atoms with Gasteiger partial charge in [-0.15, -0.1) is 0 Å². The first-order valence-electron chi connectivity index (χ1n) is 39.2. The fourth-order valence-corrected chi connectivity index (χ4v) is 13.1. The van der Waals surface area contributed by atoms with Gasteiger partial charge in [-0.3, -0.25) is 37.3 Å². The van der Waals surface area contributed by atoms with Gasteiger partial charge in [0.05, 0.1) is 26.4 Å². The SMILES string of the molecule is CC(C)CCCCCCCCCCCCCCCCCC(=O)O[C@H](COC(=O)CCCCCCCCCC(C)C)COP(=O)(O)OCC(O)COP(=O)(O)OC[C@@H](COC(=O)CCCCCCCCCCC(C)C)OC(=O)CCCCCCCCCCCCCCCC(C)C. The number of unbranched alkanes of at least 4 members (excludes halogenated alkanes) is 39. The van der Waals surface area contributed by atoms with E-state index >= 15 is 0 Å². The molecule has 3 N–H and O–H groups in total. The molecule has 95 heavy (non-hydrogen) atoms. The maximum absolute atomic E-state index is 13.1. The average molecular weight is 1400 g/mol. The van der Waals surface area contributed by atoms with Crippen LogP contribution in [0.5, 0.6) is 0 Å². The Morgan fingerprint density at radius 2 is 0.442 bits per heavy atom. The minimum atomic E-state index is -4.96. The monoisotopic (exact) mass is 1400 g/mol. The number of phosphoric acid groups is 2. The smallest absolute Gasteiger partial charge is 0.462 e. The first-order valence-corrected chi connectivity index (χ1v) is 42.2. The van der Waals surface area contributed by atoms with E-state index in [4.69, 9.17) is 37.0 Å². The zero-order valence-electron chi connectivity index (χ0n) is 62.3. The van der Waals surface area contributed by atoms with Crippen LogP contribution in [-0.4, -0.2) is 96.7 Å². The quantitative estimate of drug-likeness (QED) is 0.0222. The molecule has 0 aliphatic heterocycles. The Labute approximate surface area is 581 Å². The molecule has 0 spiro atoms. The van der Waals surface area contributed by atoms with Crippen LogP contribution in [0.15, 0.2) is 0 Å². The lowest BCUT2D eigenvalue weighted by Gasteiger charge is -2.21. The molecule has 0 aromatic heterocycles. The van der Waals surface area contributed by atoms with Gasteiger partial charge in [0.25, 0.3) is 0 Å². The van der Waals surface area contributed by atoms with E-state index in [1.54, 1.807) is 0 Å². The lowest BCUT2D eigenvalue weighted by Crippen LogP contribution is -2.30. The molecule has 0 radical (unpaired) electrons. The van der Waals surface area contributed by atoms with Gasteiger partial charge < -0.3 is 33.8 Å². The molecule has 0 aliphatic rings. The van der Waals surface area contributed by atoms with Gasteiger partial charge in [-0.05, 0) is 49.4 Å². The molecule has 0 bridgehead atoms. The van der Waals surface area contributed by atoms with Crippen LogP contribution in [0.3, 0.4) is 0 Å². The summed E-state index contributed by atoms with van der Waals surface area (Å²) in [5.74, 6) is 0.899. The van der Waals surface area contributed by atoms with Crippen LogP contribution in [0.4, 0.5) is 0 Å². The zero-order chi connectivity index (χ0) is 70.3. The Morgan fingerprint density at radius 1 is 0.263 bits per heavy atom. The number of carbonyl (C=O) groups excluding carboxylic acids is 4. The summed E-state index contributed by atoms with van der Waals surface area (Å²) < 4.78 is 68.5. The van der Waals surface area contributed by atoms with Gasteiger partial charge in [0, 0.05) is 25.7 Å². The summed E-state index contributed by atoms with van der Waals surface area (Å²) in [6.45, 7) is 14.2. The predicted molar refractivity (Wildman–Crippen MR) is 386 cm³/mol. The molecule has 0 amide bonds. The molecule has 0 rings (SSSR count). The summed E-state index contributed by atoms with van der Waals surface area (Å²) in [6.07, 6.45) is 50.1. The third-order valence-electron chi connectivity index (χ3n) is 17.6. The van der Waals surface area contributed by atoms with Crippen LogP contribution in [0.25, 0.3) is 0 Å². The Hall–Kier alpha value is -1.94. The minimum Gasteiger partial charge on any atom is -0.462 e. The molecule has 0 aliphatic carbocycles. The second-order valence-corrected chi connectivity index (χ2v) is 32.2. The number of esters is 4. The number of carbonyl (C=O) groups is 4. The molecule has 0 aromatic rings. The Morgan fingerprint density at radius 3 is 0.653 bits per heavy atom. The van der Waals surface area contributed by atoms with Gasteiger partial charge in [-0.1, -0.05) is 331 Å². The van der Waals surface area contributed by atoms with E-state index < -0.39 is 97.5 Å².